The van der Waals surface area contributed by atoms with E-state index < -0.39 is 10.0 Å². The van der Waals surface area contributed by atoms with Gasteiger partial charge >= 0.3 is 0 Å². The van der Waals surface area contributed by atoms with Crippen molar-refractivity contribution >= 4 is 43.2 Å². The second-order valence-electron chi connectivity index (χ2n) is 4.00. The Bertz CT molecular complexity index is 736. The van der Waals surface area contributed by atoms with E-state index in [1.165, 1.54) is 24.4 Å². The zero-order chi connectivity index (χ0) is 15.5. The quantitative estimate of drug-likeness (QED) is 0.844. The summed E-state index contributed by atoms with van der Waals surface area (Å²) >= 11 is 9.05. The minimum absolute atomic E-state index is 0.104. The molecule has 5 nitrogen and oxygen atoms in total. The highest BCUT2D eigenvalue weighted by molar-refractivity contribution is 9.10. The van der Waals surface area contributed by atoms with Crippen LogP contribution in [0.15, 0.2) is 45.9 Å². The molecule has 1 aromatic heterocycles. The zero-order valence-electron chi connectivity index (χ0n) is 11.0. The van der Waals surface area contributed by atoms with Crippen LogP contribution in [-0.4, -0.2) is 20.0 Å². The third-order valence-corrected chi connectivity index (χ3v) is 5.08. The number of aromatic nitrogens is 1. The lowest BCUT2D eigenvalue weighted by molar-refractivity contribution is 0.327. The third-order valence-electron chi connectivity index (χ3n) is 2.48. The second-order valence-corrected chi connectivity index (χ2v) is 6.94. The number of nitrogens with one attached hydrogen (secondary N) is 1. The van der Waals surface area contributed by atoms with Crippen LogP contribution in [0.25, 0.3) is 0 Å². The first kappa shape index (κ1) is 16.1. The van der Waals surface area contributed by atoms with Crippen molar-refractivity contribution in [2.45, 2.75) is 11.8 Å². The molecule has 2 rings (SSSR count). The average Bonchev–Trinajstić information content (AvgIpc) is 2.44. The molecule has 0 saturated heterocycles. The van der Waals surface area contributed by atoms with Gasteiger partial charge < -0.3 is 4.74 Å². The number of halogens is 2. The van der Waals surface area contributed by atoms with E-state index in [-0.39, 0.29) is 4.90 Å². The van der Waals surface area contributed by atoms with Crippen molar-refractivity contribution in [3.63, 3.8) is 0 Å². The summed E-state index contributed by atoms with van der Waals surface area (Å²) in [6, 6.07) is 7.56. The van der Waals surface area contributed by atoms with Crippen molar-refractivity contribution in [2.24, 2.45) is 0 Å². The maximum atomic E-state index is 12.2. The molecule has 1 heterocycles. The number of benzene rings is 1. The topological polar surface area (TPSA) is 68.3 Å². The summed E-state index contributed by atoms with van der Waals surface area (Å²) in [6.45, 7) is 2.34. The van der Waals surface area contributed by atoms with Crippen LogP contribution in [0.5, 0.6) is 5.88 Å². The molecule has 112 valence electrons. The van der Waals surface area contributed by atoms with Gasteiger partial charge in [-0.2, -0.15) is 0 Å². The van der Waals surface area contributed by atoms with E-state index in [2.05, 4.69) is 25.6 Å². The van der Waals surface area contributed by atoms with Crippen LogP contribution in [0.3, 0.4) is 0 Å². The van der Waals surface area contributed by atoms with Gasteiger partial charge in [0.05, 0.1) is 28.4 Å². The minimum Gasteiger partial charge on any atom is -0.478 e. The maximum Gasteiger partial charge on any atom is 0.261 e. The molecule has 0 unspecified atom stereocenters. The summed E-state index contributed by atoms with van der Waals surface area (Å²) < 4.78 is 32.6. The van der Waals surface area contributed by atoms with Crippen molar-refractivity contribution < 1.29 is 13.2 Å². The largest absolute Gasteiger partial charge is 0.478 e. The predicted octanol–water partition coefficient (Wildman–Crippen LogP) is 3.70. The SMILES string of the molecule is CCOc1ccc(NS(=O)(=O)c2ccc(Cl)c(Br)c2)cn1. The van der Waals surface area contributed by atoms with Gasteiger partial charge in [0, 0.05) is 10.5 Å². The molecule has 0 fully saturated rings. The average molecular weight is 392 g/mol. The Morgan fingerprint density at radius 1 is 1.33 bits per heavy atom. The predicted molar refractivity (Wildman–Crippen MR) is 85.4 cm³/mol. The lowest BCUT2D eigenvalue weighted by atomic mass is 10.4. The van der Waals surface area contributed by atoms with Crippen LogP contribution in [0.2, 0.25) is 5.02 Å². The van der Waals surface area contributed by atoms with Gasteiger partial charge in [0.25, 0.3) is 10.0 Å². The summed E-state index contributed by atoms with van der Waals surface area (Å²) in [4.78, 5) is 4.10. The van der Waals surface area contributed by atoms with Gasteiger partial charge in [0.15, 0.2) is 0 Å². The van der Waals surface area contributed by atoms with E-state index in [1.807, 2.05) is 6.92 Å². The van der Waals surface area contributed by atoms with Crippen molar-refractivity contribution in [1.82, 2.24) is 4.98 Å². The van der Waals surface area contributed by atoms with Gasteiger partial charge in [-0.25, -0.2) is 13.4 Å². The molecule has 2 aromatic rings. The Labute approximate surface area is 136 Å². The molecule has 0 amide bonds. The van der Waals surface area contributed by atoms with E-state index in [0.29, 0.717) is 27.7 Å². The van der Waals surface area contributed by atoms with Gasteiger partial charge in [0.1, 0.15) is 0 Å². The molecular formula is C13H12BrClN2O3S. The summed E-state index contributed by atoms with van der Waals surface area (Å²) in [5, 5.41) is 0.441. The fourth-order valence-corrected chi connectivity index (χ4v) is 3.25. The van der Waals surface area contributed by atoms with E-state index in [0.717, 1.165) is 0 Å². The van der Waals surface area contributed by atoms with Crippen LogP contribution < -0.4 is 9.46 Å². The fourth-order valence-electron chi connectivity index (χ4n) is 1.53. The number of sulfonamides is 1. The summed E-state index contributed by atoms with van der Waals surface area (Å²) in [5.41, 5.74) is 0.351. The van der Waals surface area contributed by atoms with E-state index in [1.54, 1.807) is 12.1 Å². The van der Waals surface area contributed by atoms with Crippen LogP contribution in [0.1, 0.15) is 6.92 Å². The number of anilines is 1. The number of nitrogens with zero attached hydrogens (tertiary/aromatic N) is 1. The monoisotopic (exact) mass is 390 g/mol. The Morgan fingerprint density at radius 3 is 2.67 bits per heavy atom. The molecule has 0 atom stereocenters. The molecule has 1 aromatic carbocycles. The first-order valence-electron chi connectivity index (χ1n) is 5.99. The first-order chi connectivity index (χ1) is 9.92. The summed E-state index contributed by atoms with van der Waals surface area (Å²) in [6.07, 6.45) is 1.40. The number of hydrogen-bond donors (Lipinski definition) is 1. The normalized spacial score (nSPS) is 11.2. The van der Waals surface area contributed by atoms with Gasteiger partial charge in [-0.15, -0.1) is 0 Å². The number of pyridine rings is 1. The second kappa shape index (κ2) is 6.64. The van der Waals surface area contributed by atoms with Gasteiger partial charge in [0.2, 0.25) is 5.88 Å². The zero-order valence-corrected chi connectivity index (χ0v) is 14.2. The number of hydrogen-bond acceptors (Lipinski definition) is 4. The number of rotatable bonds is 5. The van der Waals surface area contributed by atoms with Crippen LogP contribution in [0, 0.1) is 0 Å². The smallest absolute Gasteiger partial charge is 0.261 e. The Kier molecular flexibility index (Phi) is 5.08. The van der Waals surface area contributed by atoms with E-state index in [9.17, 15) is 8.42 Å². The van der Waals surface area contributed by atoms with Crippen molar-refractivity contribution in [3.05, 3.63) is 46.0 Å². The Morgan fingerprint density at radius 2 is 2.10 bits per heavy atom. The molecule has 0 aliphatic heterocycles. The summed E-state index contributed by atoms with van der Waals surface area (Å²) in [5.74, 6) is 0.440. The molecule has 21 heavy (non-hydrogen) atoms. The van der Waals surface area contributed by atoms with Crippen LogP contribution in [0.4, 0.5) is 5.69 Å². The standard InChI is InChI=1S/C13H12BrClN2O3S/c1-2-20-13-6-3-9(8-16-13)17-21(18,19)10-4-5-12(15)11(14)7-10/h3-8,17H,2H2,1H3. The lowest BCUT2D eigenvalue weighted by Gasteiger charge is -2.09. The molecule has 0 radical (unpaired) electrons. The van der Waals surface area contributed by atoms with Crippen LogP contribution >= 0.6 is 27.5 Å². The Balaban J connectivity index is 2.22. The molecule has 0 saturated carbocycles. The van der Waals surface area contributed by atoms with Gasteiger partial charge in [-0.05, 0) is 47.1 Å². The maximum absolute atomic E-state index is 12.2. The molecule has 0 spiro atoms. The molecular weight excluding hydrogens is 380 g/mol. The van der Waals surface area contributed by atoms with Crippen LogP contribution in [-0.2, 0) is 10.0 Å². The van der Waals surface area contributed by atoms with E-state index >= 15 is 0 Å². The van der Waals surface area contributed by atoms with Gasteiger partial charge in [-0.1, -0.05) is 11.6 Å². The molecule has 0 aliphatic carbocycles. The highest BCUT2D eigenvalue weighted by atomic mass is 79.9. The van der Waals surface area contributed by atoms with Crippen molar-refractivity contribution in [2.75, 3.05) is 11.3 Å². The highest BCUT2D eigenvalue weighted by Gasteiger charge is 2.15. The minimum atomic E-state index is -3.70. The lowest BCUT2D eigenvalue weighted by Crippen LogP contribution is -2.13. The van der Waals surface area contributed by atoms with Gasteiger partial charge in [-0.3, -0.25) is 4.72 Å². The molecule has 0 aliphatic rings. The Hall–Kier alpha value is -1.31. The molecule has 1 N–H and O–H groups in total. The first-order valence-corrected chi connectivity index (χ1v) is 8.64. The summed E-state index contributed by atoms with van der Waals surface area (Å²) in [7, 11) is -3.70. The molecule has 0 bridgehead atoms. The highest BCUT2D eigenvalue weighted by Crippen LogP contribution is 2.26. The van der Waals surface area contributed by atoms with E-state index in [4.69, 9.17) is 16.3 Å². The van der Waals surface area contributed by atoms with Crippen molar-refractivity contribution in [3.8, 4) is 5.88 Å². The molecule has 8 heteroatoms. The fraction of sp³-hybridized carbons (Fsp3) is 0.154. The number of ether oxygens (including phenoxy) is 1. The third kappa shape index (κ3) is 4.09. The van der Waals surface area contributed by atoms with Crippen molar-refractivity contribution in [1.29, 1.82) is 0 Å².